The van der Waals surface area contributed by atoms with E-state index >= 15 is 0 Å². The SMILES string of the molecule is COC(=O)c1c(NC(=O)CSc2nnc3c(C)cc4cc(C)c(C)cc4n23)sc(C(C)=O)c1C. The molecule has 4 aromatic rings. The molecular formula is C24H24N4O4S2. The average molecular weight is 497 g/mol. The third-order valence-corrected chi connectivity index (χ3v) is 7.92. The number of esters is 1. The van der Waals surface area contributed by atoms with Crippen LogP contribution >= 0.6 is 23.1 Å². The van der Waals surface area contributed by atoms with Gasteiger partial charge in [0, 0.05) is 0 Å². The van der Waals surface area contributed by atoms with Gasteiger partial charge in [-0.25, -0.2) is 4.79 Å². The Labute approximate surface area is 204 Å². The van der Waals surface area contributed by atoms with Gasteiger partial charge in [0.05, 0.1) is 28.8 Å². The lowest BCUT2D eigenvalue weighted by molar-refractivity contribution is -0.113. The molecule has 0 bridgehead atoms. The van der Waals surface area contributed by atoms with E-state index in [-0.39, 0.29) is 23.0 Å². The Morgan fingerprint density at radius 1 is 1.06 bits per heavy atom. The van der Waals surface area contributed by atoms with Gasteiger partial charge >= 0.3 is 5.97 Å². The van der Waals surface area contributed by atoms with Gasteiger partial charge in [-0.2, -0.15) is 0 Å². The highest BCUT2D eigenvalue weighted by Gasteiger charge is 2.25. The first-order valence-electron chi connectivity index (χ1n) is 10.5. The lowest BCUT2D eigenvalue weighted by atomic mass is 10.0. The van der Waals surface area contributed by atoms with Crippen LogP contribution in [0.5, 0.6) is 0 Å². The fraction of sp³-hybridized carbons (Fsp3) is 0.292. The molecule has 0 aliphatic carbocycles. The molecule has 1 amide bonds. The maximum Gasteiger partial charge on any atom is 0.341 e. The molecule has 1 aromatic carbocycles. The minimum Gasteiger partial charge on any atom is -0.465 e. The van der Waals surface area contributed by atoms with E-state index in [0.717, 1.165) is 39.0 Å². The summed E-state index contributed by atoms with van der Waals surface area (Å²) in [6.45, 7) is 9.21. The molecule has 0 spiro atoms. The van der Waals surface area contributed by atoms with E-state index in [1.54, 1.807) is 6.92 Å². The molecule has 0 unspecified atom stereocenters. The van der Waals surface area contributed by atoms with Crippen molar-refractivity contribution < 1.29 is 19.1 Å². The molecule has 0 saturated carbocycles. The first-order chi connectivity index (χ1) is 16.1. The number of nitrogens with one attached hydrogen (secondary N) is 1. The number of anilines is 1. The first-order valence-corrected chi connectivity index (χ1v) is 12.3. The molecule has 8 nitrogen and oxygen atoms in total. The lowest BCUT2D eigenvalue weighted by Gasteiger charge is -2.10. The summed E-state index contributed by atoms with van der Waals surface area (Å²) in [5, 5.41) is 13.4. The summed E-state index contributed by atoms with van der Waals surface area (Å²) in [5.74, 6) is -1.05. The number of nitrogens with zero attached hydrogens (tertiary/aromatic N) is 3. The van der Waals surface area contributed by atoms with E-state index in [1.165, 1.54) is 31.4 Å². The van der Waals surface area contributed by atoms with Crippen molar-refractivity contribution in [2.45, 2.75) is 39.8 Å². The van der Waals surface area contributed by atoms with Crippen LogP contribution in [0.1, 0.15) is 49.2 Å². The van der Waals surface area contributed by atoms with Gasteiger partial charge in [0.15, 0.2) is 16.6 Å². The molecule has 0 radical (unpaired) electrons. The third-order valence-electron chi connectivity index (χ3n) is 5.68. The predicted molar refractivity (Wildman–Crippen MR) is 134 cm³/mol. The molecule has 3 heterocycles. The number of aryl methyl sites for hydroxylation is 3. The van der Waals surface area contributed by atoms with Crippen LogP contribution in [-0.4, -0.2) is 45.1 Å². The maximum absolute atomic E-state index is 12.8. The van der Waals surface area contributed by atoms with Crippen molar-refractivity contribution in [1.29, 1.82) is 0 Å². The molecule has 176 valence electrons. The van der Waals surface area contributed by atoms with Crippen LogP contribution in [-0.2, 0) is 9.53 Å². The Morgan fingerprint density at radius 3 is 2.41 bits per heavy atom. The van der Waals surface area contributed by atoms with Crippen molar-refractivity contribution in [2.75, 3.05) is 18.2 Å². The van der Waals surface area contributed by atoms with E-state index in [1.807, 2.05) is 11.3 Å². The summed E-state index contributed by atoms with van der Waals surface area (Å²) in [4.78, 5) is 37.4. The maximum atomic E-state index is 12.8. The van der Waals surface area contributed by atoms with Gasteiger partial charge in [0.1, 0.15) is 5.00 Å². The molecule has 0 saturated heterocycles. The van der Waals surface area contributed by atoms with Crippen molar-refractivity contribution in [3.05, 3.63) is 50.9 Å². The second kappa shape index (κ2) is 9.19. The fourth-order valence-electron chi connectivity index (χ4n) is 3.84. The molecule has 0 aliphatic rings. The van der Waals surface area contributed by atoms with Crippen LogP contribution in [0.15, 0.2) is 23.4 Å². The zero-order valence-electron chi connectivity index (χ0n) is 19.7. The molecule has 3 aromatic heterocycles. The summed E-state index contributed by atoms with van der Waals surface area (Å²) in [6, 6.07) is 6.33. The normalized spacial score (nSPS) is 11.2. The number of carbonyl (C=O) groups is 3. The number of amides is 1. The number of Topliss-reactive ketones (excluding diaryl/α,β-unsaturated/α-hetero) is 1. The van der Waals surface area contributed by atoms with E-state index in [0.29, 0.717) is 20.6 Å². The molecule has 4 rings (SSSR count). The minimum absolute atomic E-state index is 0.0496. The lowest BCUT2D eigenvalue weighted by Crippen LogP contribution is -2.16. The van der Waals surface area contributed by atoms with Crippen LogP contribution in [0.3, 0.4) is 0 Å². The first kappa shape index (κ1) is 23.9. The Bertz CT molecular complexity index is 1490. The van der Waals surface area contributed by atoms with Crippen LogP contribution in [0.2, 0.25) is 0 Å². The number of aromatic nitrogens is 3. The number of methoxy groups -OCH3 is 1. The number of thioether (sulfide) groups is 1. The number of benzene rings is 1. The number of ether oxygens (including phenoxy) is 1. The second-order valence-electron chi connectivity index (χ2n) is 8.11. The van der Waals surface area contributed by atoms with Gasteiger partial charge in [0.25, 0.3) is 0 Å². The zero-order valence-corrected chi connectivity index (χ0v) is 21.4. The highest BCUT2D eigenvalue weighted by Crippen LogP contribution is 2.34. The van der Waals surface area contributed by atoms with Gasteiger partial charge < -0.3 is 10.1 Å². The summed E-state index contributed by atoms with van der Waals surface area (Å²) >= 11 is 2.33. The van der Waals surface area contributed by atoms with Crippen molar-refractivity contribution in [3.63, 3.8) is 0 Å². The highest BCUT2D eigenvalue weighted by atomic mass is 32.2. The van der Waals surface area contributed by atoms with Crippen LogP contribution < -0.4 is 5.32 Å². The van der Waals surface area contributed by atoms with Gasteiger partial charge in [-0.05, 0) is 80.5 Å². The molecule has 1 N–H and O–H groups in total. The standard InChI is InChI=1S/C24H24N4O4S2/c1-11-7-16-8-13(3)21-26-27-24(28(21)17(16)9-12(11)2)33-10-18(30)25-22-19(23(31)32-6)14(4)20(34-22)15(5)29/h7-9H,10H2,1-6H3,(H,25,30). The largest absolute Gasteiger partial charge is 0.465 e. The Hall–Kier alpha value is -3.24. The Kier molecular flexibility index (Phi) is 6.46. The number of rotatable bonds is 6. The van der Waals surface area contributed by atoms with E-state index in [9.17, 15) is 14.4 Å². The van der Waals surface area contributed by atoms with Crippen molar-refractivity contribution in [1.82, 2.24) is 14.6 Å². The molecular weight excluding hydrogens is 472 g/mol. The fourth-order valence-corrected chi connectivity index (χ4v) is 5.70. The number of thiophene rings is 1. The smallest absolute Gasteiger partial charge is 0.341 e. The second-order valence-corrected chi connectivity index (χ2v) is 10.1. The van der Waals surface area contributed by atoms with Crippen LogP contribution in [0.4, 0.5) is 5.00 Å². The van der Waals surface area contributed by atoms with Crippen molar-refractivity contribution in [2.24, 2.45) is 0 Å². The molecule has 0 fully saturated rings. The van der Waals surface area contributed by atoms with Gasteiger partial charge in [-0.1, -0.05) is 11.8 Å². The molecule has 34 heavy (non-hydrogen) atoms. The summed E-state index contributed by atoms with van der Waals surface area (Å²) in [6.07, 6.45) is 0. The van der Waals surface area contributed by atoms with Crippen molar-refractivity contribution >= 4 is 62.3 Å². The van der Waals surface area contributed by atoms with Crippen LogP contribution in [0.25, 0.3) is 16.6 Å². The molecule has 0 atom stereocenters. The number of fused-ring (bicyclic) bond motifs is 3. The van der Waals surface area contributed by atoms with E-state index in [4.69, 9.17) is 4.74 Å². The van der Waals surface area contributed by atoms with Crippen LogP contribution in [0, 0.1) is 27.7 Å². The van der Waals surface area contributed by atoms with Gasteiger partial charge in [-0.15, -0.1) is 21.5 Å². The summed E-state index contributed by atoms with van der Waals surface area (Å²) in [5.41, 5.74) is 5.78. The van der Waals surface area contributed by atoms with Gasteiger partial charge in [0.2, 0.25) is 5.91 Å². The minimum atomic E-state index is -0.597. The summed E-state index contributed by atoms with van der Waals surface area (Å²) < 4.78 is 6.82. The number of ketones is 1. The monoisotopic (exact) mass is 496 g/mol. The quantitative estimate of drug-likeness (QED) is 0.230. The number of carbonyl (C=O) groups excluding carboxylic acids is 3. The topological polar surface area (TPSA) is 103 Å². The van der Waals surface area contributed by atoms with E-state index < -0.39 is 5.97 Å². The zero-order chi connectivity index (χ0) is 24.7. The van der Waals surface area contributed by atoms with Gasteiger partial charge in [-0.3, -0.25) is 14.0 Å². The predicted octanol–water partition coefficient (Wildman–Crippen LogP) is 4.90. The highest BCUT2D eigenvalue weighted by molar-refractivity contribution is 7.99. The Balaban J connectivity index is 1.63. The number of hydrogen-bond acceptors (Lipinski definition) is 8. The molecule has 0 aliphatic heterocycles. The molecule has 10 heteroatoms. The van der Waals surface area contributed by atoms with E-state index in [2.05, 4.69) is 47.6 Å². The average Bonchev–Trinajstić information content (AvgIpc) is 3.35. The van der Waals surface area contributed by atoms with Crippen molar-refractivity contribution in [3.8, 4) is 0 Å². The Morgan fingerprint density at radius 2 is 1.74 bits per heavy atom. The third kappa shape index (κ3) is 4.19. The number of hydrogen-bond donors (Lipinski definition) is 1. The summed E-state index contributed by atoms with van der Waals surface area (Å²) in [7, 11) is 1.26. The number of pyridine rings is 1.